The smallest absolute Gasteiger partial charge is 0.300 e. The van der Waals surface area contributed by atoms with Gasteiger partial charge < -0.3 is 24.7 Å². The number of pyridine rings is 2. The Bertz CT molecular complexity index is 2680. The van der Waals surface area contributed by atoms with E-state index >= 15 is 0 Å². The summed E-state index contributed by atoms with van der Waals surface area (Å²) in [5.41, 5.74) is 4.47. The van der Waals surface area contributed by atoms with E-state index in [2.05, 4.69) is 59.1 Å². The number of ether oxygens (including phenoxy) is 2. The van der Waals surface area contributed by atoms with Gasteiger partial charge in [-0.05, 0) is 123 Å². The molecule has 62 heavy (non-hydrogen) atoms. The third kappa shape index (κ3) is 7.20. The van der Waals surface area contributed by atoms with Crippen LogP contribution in [-0.2, 0) is 10.0 Å². The highest BCUT2D eigenvalue weighted by atomic mass is 32.2. The fourth-order valence-corrected chi connectivity index (χ4v) is 11.7. The lowest BCUT2D eigenvalue weighted by atomic mass is 9.59. The molecule has 15 nitrogen and oxygen atoms in total. The molecule has 3 N–H and O–H groups in total. The van der Waals surface area contributed by atoms with Gasteiger partial charge in [0.1, 0.15) is 23.8 Å². The first-order valence-corrected chi connectivity index (χ1v) is 23.6. The fraction of sp³-hybridized carbons (Fsp3) is 0.457. The van der Waals surface area contributed by atoms with Crippen LogP contribution in [-0.4, -0.2) is 77.4 Å². The molecule has 0 bridgehead atoms. The molecule has 1 spiro atoms. The van der Waals surface area contributed by atoms with Gasteiger partial charge in [-0.1, -0.05) is 30.7 Å². The van der Waals surface area contributed by atoms with Crippen molar-refractivity contribution in [2.24, 2.45) is 11.3 Å². The van der Waals surface area contributed by atoms with E-state index in [1.165, 1.54) is 51.3 Å². The van der Waals surface area contributed by atoms with Crippen molar-refractivity contribution in [2.75, 3.05) is 36.5 Å². The monoisotopic (exact) mass is 858 g/mol. The highest BCUT2D eigenvalue weighted by Crippen LogP contribution is 2.55. The van der Waals surface area contributed by atoms with Crippen LogP contribution in [0, 0.1) is 21.4 Å². The molecule has 2 saturated heterocycles. The number of aromatic amines is 1. The van der Waals surface area contributed by atoms with Gasteiger partial charge in [0.15, 0.2) is 10.7 Å². The van der Waals surface area contributed by atoms with Gasteiger partial charge in [-0.3, -0.25) is 19.8 Å². The Hall–Kier alpha value is -5.74. The zero-order chi connectivity index (χ0) is 42.2. The number of hydrogen-bond acceptors (Lipinski definition) is 12. The zero-order valence-electron chi connectivity index (χ0n) is 34.4. The fourth-order valence-electron chi connectivity index (χ4n) is 10.8. The van der Waals surface area contributed by atoms with Gasteiger partial charge in [0.2, 0.25) is 5.88 Å². The molecule has 3 aliphatic carbocycles. The number of carbonyl (C=O) groups is 1. The Kier molecular flexibility index (Phi) is 9.63. The average molecular weight is 859 g/mol. The molecular formula is C46H50N8O7S. The number of hydrogen-bond donors (Lipinski definition) is 3. The Morgan fingerprint density at radius 1 is 0.968 bits per heavy atom. The molecule has 3 saturated carbocycles. The van der Waals surface area contributed by atoms with Crippen LogP contribution in [0.5, 0.6) is 17.4 Å². The maximum absolute atomic E-state index is 14.0. The minimum Gasteiger partial charge on any atom is -0.474 e. The number of nitrogens with zero attached hydrogens (tertiary/aromatic N) is 5. The predicted molar refractivity (Wildman–Crippen MR) is 232 cm³/mol. The summed E-state index contributed by atoms with van der Waals surface area (Å²) in [6.45, 7) is 3.06. The third-order valence-corrected chi connectivity index (χ3v) is 15.8. The van der Waals surface area contributed by atoms with Gasteiger partial charge in [0.05, 0.1) is 28.8 Å². The lowest BCUT2D eigenvalue weighted by Crippen LogP contribution is -2.54. The summed E-state index contributed by atoms with van der Waals surface area (Å²) >= 11 is 0. The highest BCUT2D eigenvalue weighted by Gasteiger charge is 2.50. The minimum atomic E-state index is -4.71. The van der Waals surface area contributed by atoms with Crippen molar-refractivity contribution in [3.63, 3.8) is 0 Å². The number of piperidine rings is 1. The average Bonchev–Trinajstić information content (AvgIpc) is 3.78. The molecule has 6 aliphatic rings. The molecule has 0 unspecified atom stereocenters. The summed E-state index contributed by atoms with van der Waals surface area (Å²) < 4.78 is 41.8. The lowest BCUT2D eigenvalue weighted by molar-refractivity contribution is -0.384. The van der Waals surface area contributed by atoms with Crippen LogP contribution < -0.4 is 24.4 Å². The van der Waals surface area contributed by atoms with Crippen molar-refractivity contribution in [3.05, 3.63) is 99.9 Å². The molecule has 16 heteroatoms. The van der Waals surface area contributed by atoms with Gasteiger partial charge in [-0.2, -0.15) is 13.4 Å². The molecule has 0 radical (unpaired) electrons. The highest BCUT2D eigenvalue weighted by molar-refractivity contribution is 7.90. The normalized spacial score (nSPS) is 22.6. The van der Waals surface area contributed by atoms with Crippen LogP contribution in [0.25, 0.3) is 11.0 Å². The first-order valence-electron chi connectivity index (χ1n) is 22.1. The summed E-state index contributed by atoms with van der Waals surface area (Å²) in [6, 6.07) is 19.8. The van der Waals surface area contributed by atoms with E-state index in [-0.39, 0.29) is 35.5 Å². The van der Waals surface area contributed by atoms with Crippen molar-refractivity contribution >= 4 is 44.0 Å². The molecule has 3 aromatic heterocycles. The summed E-state index contributed by atoms with van der Waals surface area (Å²) in [5.74, 6) is 0.381. The number of carbonyl (C=O) groups excluding carboxylic acids is 1. The summed E-state index contributed by atoms with van der Waals surface area (Å²) in [5, 5.41) is 15.4. The van der Waals surface area contributed by atoms with Crippen LogP contribution in [0.1, 0.15) is 104 Å². The Labute approximate surface area is 359 Å². The second-order valence-electron chi connectivity index (χ2n) is 18.3. The summed E-state index contributed by atoms with van der Waals surface area (Å²) in [6.07, 6.45) is 16.0. The number of nitrogens with one attached hydrogen (secondary N) is 3. The number of benzene rings is 2. The maximum Gasteiger partial charge on any atom is 0.300 e. The van der Waals surface area contributed by atoms with Crippen LogP contribution in [0.15, 0.2) is 78.1 Å². The number of aromatic nitrogens is 3. The van der Waals surface area contributed by atoms with Crippen LogP contribution >= 0.6 is 0 Å². The van der Waals surface area contributed by atoms with Gasteiger partial charge in [-0.15, -0.1) is 0 Å². The van der Waals surface area contributed by atoms with Crippen molar-refractivity contribution in [1.82, 2.24) is 24.6 Å². The summed E-state index contributed by atoms with van der Waals surface area (Å²) in [7, 11) is -4.71. The number of anilines is 2. The van der Waals surface area contributed by atoms with Crippen LogP contribution in [0.4, 0.5) is 17.1 Å². The Balaban J connectivity index is 0.811. The van der Waals surface area contributed by atoms with E-state index in [1.54, 1.807) is 35.5 Å². The number of likely N-dealkylation sites (tertiary alicyclic amines) is 1. The molecule has 2 aromatic carbocycles. The van der Waals surface area contributed by atoms with E-state index in [1.807, 2.05) is 12.1 Å². The van der Waals surface area contributed by atoms with E-state index in [9.17, 15) is 23.3 Å². The van der Waals surface area contributed by atoms with Gasteiger partial charge in [-0.25, -0.2) is 9.71 Å². The minimum absolute atomic E-state index is 0.0361. The number of sulfonamides is 1. The van der Waals surface area contributed by atoms with Gasteiger partial charge >= 0.3 is 5.69 Å². The largest absolute Gasteiger partial charge is 0.474 e. The number of amides is 1. The van der Waals surface area contributed by atoms with Crippen molar-refractivity contribution in [1.29, 1.82) is 0 Å². The zero-order valence-corrected chi connectivity index (χ0v) is 35.2. The molecule has 2 atom stereocenters. The molecular weight excluding hydrogens is 809 g/mol. The topological polar surface area (TPSA) is 185 Å². The standard InChI is InChI=1S/C46H50N8O7S/c55-44(51-62(58,59)41-23-39(54(56)57)42-45(50-41)60-27-37(49-42)29-5-3-6-29)36-13-12-31(22-40(36)61-33-21-30-14-17-47-43(30)48-26-33)52-19-15-46(16-20-52)24-32(25-46)53-18-4-9-38(53)35-8-2-1-7-34(35)28-10-11-28/h1-2,7-8,12-14,17,21-23,26,28-29,32,37-38,49H,3-6,9-11,15-16,18-20,24-25,27H2,(H,47,48)(H,51,55)/t37-,38+/m1/s1. The van der Waals surface area contributed by atoms with E-state index in [4.69, 9.17) is 9.47 Å². The van der Waals surface area contributed by atoms with E-state index < -0.39 is 31.6 Å². The molecule has 5 aromatic rings. The number of H-pyrrole nitrogens is 1. The Morgan fingerprint density at radius 3 is 2.53 bits per heavy atom. The van der Waals surface area contributed by atoms with Crippen LogP contribution in [0.3, 0.4) is 0 Å². The number of fused-ring (bicyclic) bond motifs is 2. The van der Waals surface area contributed by atoms with E-state index in [0.717, 1.165) is 68.3 Å². The molecule has 322 valence electrons. The third-order valence-electron chi connectivity index (χ3n) is 14.6. The summed E-state index contributed by atoms with van der Waals surface area (Å²) in [4.78, 5) is 42.3. The maximum atomic E-state index is 14.0. The first-order chi connectivity index (χ1) is 30.1. The second kappa shape index (κ2) is 15.3. The number of nitro groups is 1. The molecule has 5 fully saturated rings. The van der Waals surface area contributed by atoms with Crippen molar-refractivity contribution in [2.45, 2.75) is 99.7 Å². The second-order valence-corrected chi connectivity index (χ2v) is 20.0. The predicted octanol–water partition coefficient (Wildman–Crippen LogP) is 8.21. The first kappa shape index (κ1) is 39.1. The lowest BCUT2D eigenvalue weighted by Gasteiger charge is -2.56. The Morgan fingerprint density at radius 2 is 1.77 bits per heavy atom. The SMILES string of the molecule is O=C(NS(=O)(=O)c1cc([N+](=O)[O-])c2c(n1)OC[C@H](C1CCC1)N2)c1ccc(N2CCC3(CC2)CC(N2CCC[C@H]2c2ccccc2C2CC2)C3)cc1Oc1cnc2[nH]ccc2c1. The molecule has 3 aliphatic heterocycles. The molecule has 11 rings (SSSR count). The van der Waals surface area contributed by atoms with Gasteiger partial charge in [0, 0.05) is 48.5 Å². The van der Waals surface area contributed by atoms with Crippen LogP contribution in [0.2, 0.25) is 0 Å². The van der Waals surface area contributed by atoms with Gasteiger partial charge in [0.25, 0.3) is 15.9 Å². The molecule has 1 amide bonds. The van der Waals surface area contributed by atoms with Crippen molar-refractivity contribution < 1.29 is 27.6 Å². The molecule has 6 heterocycles. The quantitative estimate of drug-likeness (QED) is 0.0856. The van der Waals surface area contributed by atoms with Crippen molar-refractivity contribution in [3.8, 4) is 17.4 Å². The van der Waals surface area contributed by atoms with E-state index in [0.29, 0.717) is 34.8 Å². The number of rotatable bonds is 11.